The van der Waals surface area contributed by atoms with Crippen molar-refractivity contribution < 1.29 is 0 Å². The third-order valence-corrected chi connectivity index (χ3v) is 28.0. The quantitative estimate of drug-likeness (QED) is 0.126. The minimum absolute atomic E-state index is 0.643. The van der Waals surface area contributed by atoms with Crippen LogP contribution >= 0.6 is 0 Å². The summed E-state index contributed by atoms with van der Waals surface area (Å²) in [6.07, 6.45) is 0. The molecule has 6 heterocycles. The van der Waals surface area contributed by atoms with Crippen molar-refractivity contribution in [1.82, 2.24) is 27.4 Å². The minimum atomic E-state index is 0.643. The van der Waals surface area contributed by atoms with Gasteiger partial charge in [0.15, 0.2) is 11.4 Å². The monoisotopic (exact) mass is 1750 g/mol. The average molecular weight is 1760 g/mol. The van der Waals surface area contributed by atoms with E-state index in [0.717, 1.165) is 116 Å². The molecule has 9 heteroatoms. The van der Waals surface area contributed by atoms with E-state index in [1.165, 1.54) is 126 Å². The van der Waals surface area contributed by atoms with E-state index in [1.54, 1.807) is 0 Å². The maximum atomic E-state index is 9.50. The van der Waals surface area contributed by atoms with Gasteiger partial charge < -0.3 is 27.4 Å². The molecule has 9 nitrogen and oxygen atoms in total. The summed E-state index contributed by atoms with van der Waals surface area (Å²) < 4.78 is 14.0. The molecule has 0 saturated heterocycles. The first-order chi connectivity index (χ1) is 68.3. The fourth-order valence-electron chi connectivity index (χ4n) is 21.5. The lowest BCUT2D eigenvalue weighted by Gasteiger charge is -2.12. The molecule has 0 N–H and O–H groups in total. The Kier molecular flexibility index (Phi) is 18.9. The summed E-state index contributed by atoms with van der Waals surface area (Å²) in [5.41, 5.74) is 32.0. The highest BCUT2D eigenvalue weighted by Gasteiger charge is 2.23. The molecule has 640 valence electrons. The zero-order chi connectivity index (χ0) is 91.6. The first kappa shape index (κ1) is 79.8. The maximum absolute atomic E-state index is 9.50. The number of benzene rings is 22. The maximum Gasteiger partial charge on any atom is 0.188 e. The molecule has 0 unspecified atom stereocenters. The van der Waals surface area contributed by atoms with E-state index in [4.69, 9.17) is 13.1 Å². The van der Waals surface area contributed by atoms with Gasteiger partial charge in [0.1, 0.15) is 0 Å². The lowest BCUT2D eigenvalue weighted by atomic mass is 10.0. The second-order valence-corrected chi connectivity index (χ2v) is 35.6. The Hall–Kier alpha value is -19.1. The number of hydrogen-bond acceptors (Lipinski definition) is 1. The standard InChI is InChI=1S/C47H29N3.2C41H25N3/c1-48-37-21-27-47-43(30-37)42-29-36(33-18-24-38(25-19-33)49-44-12-6-4-10-40(44)41-11-5-7-13-45(41)49)20-26-46(42)50(47)39-22-16-32(17-23-39)35-15-14-31-8-2-3-9-34(31)28-35;1-42-30-20-24-41-36(26-30)35-25-29(19-23-40(35)44(41)37-16-8-10-28-9-2-3-11-32(28)37)27-17-21-31(22-18-27)43-38-14-6-4-12-33(38)34-13-5-7-15-39(34)43;42-26-27-13-21-40-36(23-27)34-9-3-5-11-38(34)43(40)32-18-14-29(15-19-32)31-17-22-41-37(25-31)35-10-4-6-12-39(35)44(41)33-20-16-28-7-1-2-8-30(28)24-33/h2-30H;2-26H;1-25H. The second kappa shape index (κ2) is 32.7. The topological polar surface area (TPSA) is 62.1 Å². The highest BCUT2D eigenvalue weighted by Crippen LogP contribution is 2.45. The molecule has 0 aliphatic carbocycles. The number of nitriles is 1. The van der Waals surface area contributed by atoms with Crippen molar-refractivity contribution in [3.63, 3.8) is 0 Å². The molecule has 0 fully saturated rings. The summed E-state index contributed by atoms with van der Waals surface area (Å²) in [5.74, 6) is 0. The van der Waals surface area contributed by atoms with Crippen LogP contribution in [0.2, 0.25) is 0 Å². The van der Waals surface area contributed by atoms with E-state index in [1.807, 2.05) is 36.4 Å². The van der Waals surface area contributed by atoms with Gasteiger partial charge in [-0.25, -0.2) is 9.69 Å². The number of aromatic nitrogens is 6. The Bertz CT molecular complexity index is 9890. The Morgan fingerprint density at radius 1 is 0.167 bits per heavy atom. The van der Waals surface area contributed by atoms with Crippen molar-refractivity contribution in [3.05, 3.63) is 508 Å². The smallest absolute Gasteiger partial charge is 0.188 e. The van der Waals surface area contributed by atoms with Gasteiger partial charge in [-0.2, -0.15) is 5.26 Å². The van der Waals surface area contributed by atoms with Crippen molar-refractivity contribution in [2.24, 2.45) is 0 Å². The van der Waals surface area contributed by atoms with Crippen LogP contribution in [-0.4, -0.2) is 27.4 Å². The molecule has 138 heavy (non-hydrogen) atoms. The summed E-state index contributed by atoms with van der Waals surface area (Å²) in [7, 11) is 0. The van der Waals surface area contributed by atoms with Gasteiger partial charge in [-0.1, -0.05) is 291 Å². The Morgan fingerprint density at radius 2 is 0.420 bits per heavy atom. The molecule has 0 aliphatic rings. The third-order valence-electron chi connectivity index (χ3n) is 28.0. The van der Waals surface area contributed by atoms with Crippen LogP contribution < -0.4 is 0 Å². The van der Waals surface area contributed by atoms with Crippen molar-refractivity contribution in [3.8, 4) is 84.7 Å². The first-order valence-electron chi connectivity index (χ1n) is 46.5. The molecule has 28 rings (SSSR count). The van der Waals surface area contributed by atoms with Crippen LogP contribution in [0, 0.1) is 24.5 Å². The zero-order valence-electron chi connectivity index (χ0n) is 74.6. The van der Waals surface area contributed by atoms with E-state index >= 15 is 0 Å². The predicted molar refractivity (Wildman–Crippen MR) is 577 cm³/mol. The van der Waals surface area contributed by atoms with E-state index < -0.39 is 0 Å². The molecule has 28 aromatic rings. The van der Waals surface area contributed by atoms with Gasteiger partial charge >= 0.3 is 0 Å². The number of rotatable bonds is 10. The highest BCUT2D eigenvalue weighted by atomic mass is 15.0. The van der Waals surface area contributed by atoms with E-state index in [-0.39, 0.29) is 0 Å². The molecule has 0 amide bonds. The molecule has 0 aliphatic heterocycles. The summed E-state index contributed by atoms with van der Waals surface area (Å²) >= 11 is 0. The van der Waals surface area contributed by atoms with Gasteiger partial charge in [0.25, 0.3) is 0 Å². The molecular weight excluding hydrogens is 1680 g/mol. The van der Waals surface area contributed by atoms with Gasteiger partial charge in [-0.15, -0.1) is 0 Å². The van der Waals surface area contributed by atoms with E-state index in [2.05, 4.69) is 486 Å². The Labute approximate surface area is 794 Å². The van der Waals surface area contributed by atoms with Crippen LogP contribution in [0.5, 0.6) is 0 Å². The summed E-state index contributed by atoms with van der Waals surface area (Å²) in [5, 5.41) is 31.1. The fraction of sp³-hybridized carbons (Fsp3) is 0. The second-order valence-electron chi connectivity index (χ2n) is 35.6. The van der Waals surface area contributed by atoms with Gasteiger partial charge in [0.05, 0.1) is 96.7 Å². The van der Waals surface area contributed by atoms with Crippen LogP contribution in [-0.2, 0) is 0 Å². The number of para-hydroxylation sites is 6. The SMILES string of the molecule is N#Cc1ccc2c(c1)c1ccccc1n2-c1ccc(-c2ccc3c(c2)c2ccccc2n3-c2ccc3ccccc3c2)cc1.[C-]#[N+]c1ccc2c(c1)c1cc(-c3ccc(-n4c5ccccc5c5ccccc54)cc3)ccc1n2-c1ccc(-c2ccc3ccccc3c2)cc1.[C-]#[N+]c1ccc2c(c1)c1cc(-c3ccc(-n4c5ccccc5c5ccccc54)cc3)ccc1n2-c1cccc2ccccc12. The van der Waals surface area contributed by atoms with Gasteiger partial charge in [-0.05, 0) is 270 Å². The number of fused-ring (bicyclic) bond motifs is 21. The van der Waals surface area contributed by atoms with Crippen LogP contribution in [0.4, 0.5) is 11.4 Å². The van der Waals surface area contributed by atoms with Gasteiger partial charge in [0.2, 0.25) is 0 Å². The summed E-state index contributed by atoms with van der Waals surface area (Å²) in [4.78, 5) is 7.53. The first-order valence-corrected chi connectivity index (χ1v) is 46.5. The molecule has 0 atom stereocenters. The largest absolute Gasteiger partial charge is 0.309 e. The molecular formula is C129H79N9. The van der Waals surface area contributed by atoms with Gasteiger partial charge in [0, 0.05) is 87.7 Å². The van der Waals surface area contributed by atoms with E-state index in [0.29, 0.717) is 16.9 Å². The zero-order valence-corrected chi connectivity index (χ0v) is 74.6. The third kappa shape index (κ3) is 13.3. The van der Waals surface area contributed by atoms with Crippen LogP contribution in [0.25, 0.3) is 251 Å². The van der Waals surface area contributed by atoms with Crippen LogP contribution in [0.1, 0.15) is 5.56 Å². The number of hydrogen-bond donors (Lipinski definition) is 0. The molecule has 0 spiro atoms. The molecule has 0 radical (unpaired) electrons. The normalized spacial score (nSPS) is 11.6. The van der Waals surface area contributed by atoms with Crippen molar-refractivity contribution in [2.45, 2.75) is 0 Å². The van der Waals surface area contributed by atoms with Gasteiger partial charge in [-0.3, -0.25) is 0 Å². The molecule has 22 aromatic carbocycles. The average Bonchev–Trinajstić information content (AvgIpc) is 1.45. The minimum Gasteiger partial charge on any atom is -0.309 e. The fourth-order valence-corrected chi connectivity index (χ4v) is 21.5. The lowest BCUT2D eigenvalue weighted by molar-refractivity contribution is 1.18. The summed E-state index contributed by atoms with van der Waals surface area (Å²) in [6.45, 7) is 15.4. The summed E-state index contributed by atoms with van der Waals surface area (Å²) in [6, 6.07) is 173. The number of nitrogens with zero attached hydrogens (tertiary/aromatic N) is 9. The lowest BCUT2D eigenvalue weighted by Crippen LogP contribution is -1.95. The highest BCUT2D eigenvalue weighted by molar-refractivity contribution is 6.17. The Morgan fingerprint density at radius 3 is 0.812 bits per heavy atom. The van der Waals surface area contributed by atoms with Crippen LogP contribution in [0.15, 0.2) is 479 Å². The van der Waals surface area contributed by atoms with Crippen molar-refractivity contribution >= 4 is 175 Å². The van der Waals surface area contributed by atoms with Crippen molar-refractivity contribution in [1.29, 1.82) is 5.26 Å². The molecule has 0 saturated carbocycles. The van der Waals surface area contributed by atoms with Crippen LogP contribution in [0.3, 0.4) is 0 Å². The van der Waals surface area contributed by atoms with Crippen molar-refractivity contribution in [2.75, 3.05) is 0 Å². The Balaban J connectivity index is 0.000000107. The molecule has 0 bridgehead atoms. The predicted octanol–water partition coefficient (Wildman–Crippen LogP) is 34.7. The van der Waals surface area contributed by atoms with E-state index in [9.17, 15) is 5.26 Å². The molecule has 6 aromatic heterocycles.